The molecule has 3 amide bonds. The van der Waals surface area contributed by atoms with Crippen LogP contribution in [0, 0.1) is 6.92 Å². The maximum atomic E-state index is 13.0. The molecule has 166 valence electrons. The first kappa shape index (κ1) is 21.7. The first-order chi connectivity index (χ1) is 15.5. The number of hydrogen-bond donors (Lipinski definition) is 1. The predicted molar refractivity (Wildman–Crippen MR) is 122 cm³/mol. The van der Waals surface area contributed by atoms with E-state index in [1.807, 2.05) is 61.5 Å². The lowest BCUT2D eigenvalue weighted by Gasteiger charge is -2.33. The van der Waals surface area contributed by atoms with E-state index in [1.54, 1.807) is 4.90 Å². The molecule has 32 heavy (non-hydrogen) atoms. The van der Waals surface area contributed by atoms with Crippen molar-refractivity contribution in [2.45, 2.75) is 45.2 Å². The summed E-state index contributed by atoms with van der Waals surface area (Å²) in [7, 11) is 0. The molecule has 4 rings (SSSR count). The summed E-state index contributed by atoms with van der Waals surface area (Å²) in [5.41, 5.74) is 3.04. The molecule has 0 aliphatic carbocycles. The van der Waals surface area contributed by atoms with Crippen molar-refractivity contribution in [1.29, 1.82) is 0 Å². The van der Waals surface area contributed by atoms with Crippen molar-refractivity contribution in [2.24, 2.45) is 5.10 Å². The molecule has 1 fully saturated rings. The standard InChI is InChI=1S/C25H28N4O3/c1-18-7-5-6-10-21(18)24(31)26-20-13-15-28(16-14-20)25(32)22-11-12-23(30)29(27-22)17-19-8-3-2-4-9-19/h2-10,20H,11-17H2,1H3,(H,26,31). The minimum atomic E-state index is -0.112. The van der Waals surface area contributed by atoms with Gasteiger partial charge in [0.2, 0.25) is 5.91 Å². The van der Waals surface area contributed by atoms with Gasteiger partial charge in [-0.2, -0.15) is 5.10 Å². The summed E-state index contributed by atoms with van der Waals surface area (Å²) >= 11 is 0. The molecule has 0 saturated carbocycles. The Morgan fingerprint density at radius 2 is 1.69 bits per heavy atom. The van der Waals surface area contributed by atoms with Gasteiger partial charge in [-0.15, -0.1) is 0 Å². The Balaban J connectivity index is 1.33. The van der Waals surface area contributed by atoms with Crippen molar-refractivity contribution in [1.82, 2.24) is 15.2 Å². The molecular weight excluding hydrogens is 404 g/mol. The molecule has 0 unspecified atom stereocenters. The van der Waals surface area contributed by atoms with E-state index in [-0.39, 0.29) is 23.8 Å². The van der Waals surface area contributed by atoms with Crippen molar-refractivity contribution < 1.29 is 14.4 Å². The Morgan fingerprint density at radius 1 is 1.00 bits per heavy atom. The number of carbonyl (C=O) groups excluding carboxylic acids is 3. The van der Waals surface area contributed by atoms with Crippen LogP contribution in [-0.2, 0) is 16.1 Å². The van der Waals surface area contributed by atoms with Crippen molar-refractivity contribution in [3.05, 3.63) is 71.3 Å². The molecule has 2 aromatic carbocycles. The second kappa shape index (κ2) is 9.77. The fraction of sp³-hybridized carbons (Fsp3) is 0.360. The highest BCUT2D eigenvalue weighted by atomic mass is 16.2. The van der Waals surface area contributed by atoms with Gasteiger partial charge in [-0.1, -0.05) is 48.5 Å². The highest BCUT2D eigenvalue weighted by Crippen LogP contribution is 2.18. The summed E-state index contributed by atoms with van der Waals surface area (Å²) in [6.07, 6.45) is 2.06. The second-order valence-electron chi connectivity index (χ2n) is 8.34. The lowest BCUT2D eigenvalue weighted by molar-refractivity contribution is -0.132. The summed E-state index contributed by atoms with van der Waals surface area (Å²) in [6.45, 7) is 3.41. The van der Waals surface area contributed by atoms with Crippen LogP contribution >= 0.6 is 0 Å². The first-order valence-corrected chi connectivity index (χ1v) is 11.1. The molecule has 0 bridgehead atoms. The molecule has 2 heterocycles. The molecule has 7 nitrogen and oxygen atoms in total. The van der Waals surface area contributed by atoms with E-state index in [9.17, 15) is 14.4 Å². The van der Waals surface area contributed by atoms with Crippen molar-refractivity contribution >= 4 is 23.4 Å². The van der Waals surface area contributed by atoms with E-state index in [0.717, 1.165) is 11.1 Å². The molecule has 2 aliphatic rings. The zero-order valence-electron chi connectivity index (χ0n) is 18.3. The third-order valence-corrected chi connectivity index (χ3v) is 6.03. The number of benzene rings is 2. The minimum absolute atomic E-state index is 0.0376. The topological polar surface area (TPSA) is 82.1 Å². The molecule has 2 aromatic rings. The number of nitrogens with zero attached hydrogens (tertiary/aromatic N) is 3. The van der Waals surface area contributed by atoms with Crippen LogP contribution in [0.4, 0.5) is 0 Å². The van der Waals surface area contributed by atoms with E-state index in [1.165, 1.54) is 5.01 Å². The number of carbonyl (C=O) groups is 3. The largest absolute Gasteiger partial charge is 0.349 e. The van der Waals surface area contributed by atoms with Crippen LogP contribution < -0.4 is 5.32 Å². The van der Waals surface area contributed by atoms with Gasteiger partial charge in [0.05, 0.1) is 6.54 Å². The maximum absolute atomic E-state index is 13.0. The van der Waals surface area contributed by atoms with Gasteiger partial charge in [-0.25, -0.2) is 5.01 Å². The van der Waals surface area contributed by atoms with E-state index in [0.29, 0.717) is 56.6 Å². The van der Waals surface area contributed by atoms with Gasteiger partial charge < -0.3 is 10.2 Å². The zero-order valence-corrected chi connectivity index (χ0v) is 18.3. The predicted octanol–water partition coefficient (Wildman–Crippen LogP) is 2.89. The highest BCUT2D eigenvalue weighted by molar-refractivity contribution is 6.39. The van der Waals surface area contributed by atoms with Crippen LogP contribution in [0.2, 0.25) is 0 Å². The Morgan fingerprint density at radius 3 is 2.41 bits per heavy atom. The summed E-state index contributed by atoms with van der Waals surface area (Å²) in [6, 6.07) is 17.2. The summed E-state index contributed by atoms with van der Waals surface area (Å²) in [4.78, 5) is 39.7. The van der Waals surface area contributed by atoms with Gasteiger partial charge in [0.25, 0.3) is 11.8 Å². The number of likely N-dealkylation sites (tertiary alicyclic amines) is 1. The van der Waals surface area contributed by atoms with Crippen LogP contribution in [0.1, 0.15) is 47.2 Å². The number of amides is 3. The monoisotopic (exact) mass is 432 g/mol. The van der Waals surface area contributed by atoms with Gasteiger partial charge in [-0.3, -0.25) is 14.4 Å². The molecule has 0 atom stereocenters. The zero-order chi connectivity index (χ0) is 22.5. The average Bonchev–Trinajstić information content (AvgIpc) is 2.81. The summed E-state index contributed by atoms with van der Waals surface area (Å²) in [5.74, 6) is -0.248. The number of rotatable bonds is 5. The van der Waals surface area contributed by atoms with Gasteiger partial charge in [0.1, 0.15) is 5.71 Å². The normalized spacial score (nSPS) is 17.2. The molecule has 0 spiro atoms. The van der Waals surface area contributed by atoms with Gasteiger partial charge in [0.15, 0.2) is 0 Å². The van der Waals surface area contributed by atoms with E-state index < -0.39 is 0 Å². The van der Waals surface area contributed by atoms with E-state index in [2.05, 4.69) is 10.4 Å². The van der Waals surface area contributed by atoms with Gasteiger partial charge >= 0.3 is 0 Å². The van der Waals surface area contributed by atoms with Crippen LogP contribution in [0.3, 0.4) is 0 Å². The highest BCUT2D eigenvalue weighted by Gasteiger charge is 2.30. The number of aryl methyl sites for hydroxylation is 1. The average molecular weight is 433 g/mol. The number of hydrazone groups is 1. The fourth-order valence-electron chi connectivity index (χ4n) is 4.14. The lowest BCUT2D eigenvalue weighted by atomic mass is 10.0. The molecule has 7 heteroatoms. The molecule has 1 saturated heterocycles. The molecule has 1 N–H and O–H groups in total. The van der Waals surface area contributed by atoms with Crippen LogP contribution in [-0.4, -0.2) is 52.5 Å². The summed E-state index contributed by atoms with van der Waals surface area (Å²) in [5, 5.41) is 8.89. The van der Waals surface area contributed by atoms with Gasteiger partial charge in [-0.05, 0) is 37.0 Å². The number of nitrogens with one attached hydrogen (secondary N) is 1. The quantitative estimate of drug-likeness (QED) is 0.789. The summed E-state index contributed by atoms with van der Waals surface area (Å²) < 4.78 is 0. The van der Waals surface area contributed by atoms with Crippen molar-refractivity contribution in [3.63, 3.8) is 0 Å². The number of hydrogen-bond acceptors (Lipinski definition) is 4. The smallest absolute Gasteiger partial charge is 0.270 e. The van der Waals surface area contributed by atoms with Crippen LogP contribution in [0.5, 0.6) is 0 Å². The minimum Gasteiger partial charge on any atom is -0.349 e. The van der Waals surface area contributed by atoms with Crippen LogP contribution in [0.25, 0.3) is 0 Å². The molecular formula is C25H28N4O3. The van der Waals surface area contributed by atoms with E-state index in [4.69, 9.17) is 0 Å². The fourth-order valence-corrected chi connectivity index (χ4v) is 4.14. The molecule has 0 aromatic heterocycles. The third kappa shape index (κ3) is 5.04. The molecule has 0 radical (unpaired) electrons. The maximum Gasteiger partial charge on any atom is 0.270 e. The third-order valence-electron chi connectivity index (χ3n) is 6.03. The Kier molecular flexibility index (Phi) is 6.63. The Hall–Kier alpha value is -3.48. The van der Waals surface area contributed by atoms with Gasteiger partial charge in [0, 0.05) is 37.5 Å². The number of piperidine rings is 1. The van der Waals surface area contributed by atoms with Crippen LogP contribution in [0.15, 0.2) is 59.7 Å². The Bertz CT molecular complexity index is 1030. The first-order valence-electron chi connectivity index (χ1n) is 11.1. The Labute approximate surface area is 188 Å². The lowest BCUT2D eigenvalue weighted by Crippen LogP contribution is -2.49. The SMILES string of the molecule is Cc1ccccc1C(=O)NC1CCN(C(=O)C2=NN(Cc3ccccc3)C(=O)CC2)CC1. The van der Waals surface area contributed by atoms with E-state index >= 15 is 0 Å². The second-order valence-corrected chi connectivity index (χ2v) is 8.34. The van der Waals surface area contributed by atoms with Crippen molar-refractivity contribution in [2.75, 3.05) is 13.1 Å². The van der Waals surface area contributed by atoms with Crippen molar-refractivity contribution in [3.8, 4) is 0 Å². The molecule has 2 aliphatic heterocycles.